The van der Waals surface area contributed by atoms with E-state index in [1.807, 2.05) is 25.1 Å². The third-order valence-corrected chi connectivity index (χ3v) is 6.18. The highest BCUT2D eigenvalue weighted by Crippen LogP contribution is 2.32. The number of hydrogen-bond acceptors (Lipinski definition) is 7. The topological polar surface area (TPSA) is 127 Å². The number of thioether (sulfide) groups is 1. The van der Waals surface area contributed by atoms with Crippen molar-refractivity contribution in [2.45, 2.75) is 30.8 Å². The molecule has 0 spiro atoms. The van der Waals surface area contributed by atoms with Crippen molar-refractivity contribution >= 4 is 47.0 Å². The molecule has 162 valence electrons. The van der Waals surface area contributed by atoms with Crippen LogP contribution < -0.4 is 21.3 Å². The van der Waals surface area contributed by atoms with Crippen molar-refractivity contribution in [3.8, 4) is 0 Å². The Morgan fingerprint density at radius 3 is 3.00 bits per heavy atom. The first-order valence-corrected chi connectivity index (χ1v) is 11.0. The van der Waals surface area contributed by atoms with E-state index in [9.17, 15) is 14.4 Å². The standard InChI is InChI=1S/C21H23N5O4S/c1-12-4-2-6-14(22)18(12)20(28)23-9-3-5-13-10-26(21(29)30-13)16-8-7-15-19(24-16)25-17(27)11-31-15/h2,4,6-8,13H,3,5,9-11,22H2,1H3,(H,23,28)(H,24,25,27)/t13-/m0/s1. The second-order valence-electron chi connectivity index (χ2n) is 7.41. The lowest BCUT2D eigenvalue weighted by Gasteiger charge is -2.18. The van der Waals surface area contributed by atoms with Crippen molar-refractivity contribution in [3.63, 3.8) is 0 Å². The van der Waals surface area contributed by atoms with Gasteiger partial charge >= 0.3 is 6.09 Å². The molecule has 0 unspecified atom stereocenters. The number of nitrogens with two attached hydrogens (primary N) is 1. The van der Waals surface area contributed by atoms with Crippen LogP contribution in [0, 0.1) is 6.92 Å². The molecule has 1 fully saturated rings. The molecule has 31 heavy (non-hydrogen) atoms. The van der Waals surface area contributed by atoms with Crippen LogP contribution in [0.4, 0.5) is 22.1 Å². The molecular formula is C21H23N5O4S. The number of amides is 3. The van der Waals surface area contributed by atoms with Crippen LogP contribution in [0.3, 0.4) is 0 Å². The molecule has 9 nitrogen and oxygen atoms in total. The van der Waals surface area contributed by atoms with E-state index in [1.54, 1.807) is 12.1 Å². The molecule has 1 atom stereocenters. The number of hydrogen-bond donors (Lipinski definition) is 3. The number of cyclic esters (lactones) is 1. The van der Waals surface area contributed by atoms with Gasteiger partial charge in [0.15, 0.2) is 0 Å². The number of carbonyl (C=O) groups is 3. The highest BCUT2D eigenvalue weighted by Gasteiger charge is 2.33. The number of ether oxygens (including phenoxy) is 1. The Morgan fingerprint density at radius 1 is 1.35 bits per heavy atom. The summed E-state index contributed by atoms with van der Waals surface area (Å²) in [6, 6.07) is 8.95. The molecule has 10 heteroatoms. The number of nitrogens with zero attached hydrogens (tertiary/aromatic N) is 2. The Bertz CT molecular complexity index is 1020. The number of aryl methyl sites for hydroxylation is 1. The quantitative estimate of drug-likeness (QED) is 0.464. The predicted molar refractivity (Wildman–Crippen MR) is 118 cm³/mol. The van der Waals surface area contributed by atoms with Gasteiger partial charge in [-0.25, -0.2) is 9.78 Å². The molecule has 2 aromatic rings. The summed E-state index contributed by atoms with van der Waals surface area (Å²) < 4.78 is 5.45. The van der Waals surface area contributed by atoms with Crippen LogP contribution in [0.25, 0.3) is 0 Å². The number of fused-ring (bicyclic) bond motifs is 1. The van der Waals surface area contributed by atoms with Crippen molar-refractivity contribution in [2.24, 2.45) is 0 Å². The molecule has 0 bridgehead atoms. The Hall–Kier alpha value is -3.27. The molecule has 4 rings (SSSR count). The first-order valence-electron chi connectivity index (χ1n) is 9.97. The van der Waals surface area contributed by atoms with E-state index in [1.165, 1.54) is 16.7 Å². The normalized spacial score (nSPS) is 17.7. The summed E-state index contributed by atoms with van der Waals surface area (Å²) in [4.78, 5) is 43.0. The second-order valence-corrected chi connectivity index (χ2v) is 8.42. The fraction of sp³-hybridized carbons (Fsp3) is 0.333. The minimum absolute atomic E-state index is 0.112. The van der Waals surface area contributed by atoms with E-state index >= 15 is 0 Å². The van der Waals surface area contributed by atoms with Crippen molar-refractivity contribution in [3.05, 3.63) is 41.5 Å². The van der Waals surface area contributed by atoms with Crippen LogP contribution >= 0.6 is 11.8 Å². The summed E-state index contributed by atoms with van der Waals surface area (Å²) in [7, 11) is 0. The van der Waals surface area contributed by atoms with Crippen LogP contribution in [0.5, 0.6) is 0 Å². The van der Waals surface area contributed by atoms with Crippen LogP contribution in [-0.4, -0.2) is 47.8 Å². The number of rotatable bonds is 6. The summed E-state index contributed by atoms with van der Waals surface area (Å²) in [5.41, 5.74) is 7.67. The summed E-state index contributed by atoms with van der Waals surface area (Å²) in [6.07, 6.45) is 0.482. The van der Waals surface area contributed by atoms with Gasteiger partial charge in [0.05, 0.1) is 22.8 Å². The second kappa shape index (κ2) is 8.84. The van der Waals surface area contributed by atoms with E-state index in [0.29, 0.717) is 54.6 Å². The van der Waals surface area contributed by atoms with Crippen molar-refractivity contribution < 1.29 is 19.1 Å². The van der Waals surface area contributed by atoms with E-state index < -0.39 is 6.09 Å². The minimum atomic E-state index is -0.469. The number of aromatic nitrogens is 1. The number of carbonyl (C=O) groups excluding carboxylic acids is 3. The first-order chi connectivity index (χ1) is 14.9. The molecule has 1 aromatic heterocycles. The van der Waals surface area contributed by atoms with Crippen LogP contribution in [-0.2, 0) is 9.53 Å². The molecule has 4 N–H and O–H groups in total. The van der Waals surface area contributed by atoms with Gasteiger partial charge in [0.2, 0.25) is 5.91 Å². The maximum Gasteiger partial charge on any atom is 0.415 e. The first kappa shape index (κ1) is 21.0. The summed E-state index contributed by atoms with van der Waals surface area (Å²) >= 11 is 1.41. The Labute approximate surface area is 183 Å². The Morgan fingerprint density at radius 2 is 2.19 bits per heavy atom. The smallest absolute Gasteiger partial charge is 0.415 e. The zero-order valence-electron chi connectivity index (χ0n) is 17.0. The largest absolute Gasteiger partial charge is 0.444 e. The Kier molecular flexibility index (Phi) is 5.99. The molecule has 0 radical (unpaired) electrons. The summed E-state index contributed by atoms with van der Waals surface area (Å²) in [6.45, 7) is 2.65. The summed E-state index contributed by atoms with van der Waals surface area (Å²) in [5.74, 6) is 0.942. The van der Waals surface area contributed by atoms with Gasteiger partial charge in [0.25, 0.3) is 5.91 Å². The zero-order chi connectivity index (χ0) is 22.0. The molecule has 3 amide bonds. The molecule has 1 aromatic carbocycles. The molecule has 2 aliphatic heterocycles. The van der Waals surface area contributed by atoms with Crippen molar-refractivity contribution in [1.82, 2.24) is 10.3 Å². The molecule has 0 saturated carbocycles. The zero-order valence-corrected chi connectivity index (χ0v) is 17.8. The van der Waals surface area contributed by atoms with E-state index in [-0.39, 0.29) is 17.9 Å². The van der Waals surface area contributed by atoms with E-state index in [2.05, 4.69) is 15.6 Å². The van der Waals surface area contributed by atoms with Gasteiger partial charge in [0, 0.05) is 12.2 Å². The third kappa shape index (κ3) is 4.58. The fourth-order valence-electron chi connectivity index (χ4n) is 3.58. The number of anilines is 3. The lowest BCUT2D eigenvalue weighted by molar-refractivity contribution is -0.113. The minimum Gasteiger partial charge on any atom is -0.444 e. The number of nitrogens with one attached hydrogen (secondary N) is 2. The molecule has 3 heterocycles. The van der Waals surface area contributed by atoms with Crippen LogP contribution in [0.1, 0.15) is 28.8 Å². The Balaban J connectivity index is 1.29. The number of pyridine rings is 1. The SMILES string of the molecule is Cc1cccc(N)c1C(=O)NCCC[C@H]1CN(c2ccc3c(n2)NC(=O)CS3)C(=O)O1. The molecule has 1 saturated heterocycles. The average molecular weight is 442 g/mol. The lowest BCUT2D eigenvalue weighted by atomic mass is 10.1. The highest BCUT2D eigenvalue weighted by atomic mass is 32.2. The van der Waals surface area contributed by atoms with Crippen LogP contribution in [0.15, 0.2) is 35.2 Å². The molecule has 0 aliphatic carbocycles. The van der Waals surface area contributed by atoms with Crippen LogP contribution in [0.2, 0.25) is 0 Å². The van der Waals surface area contributed by atoms with Gasteiger partial charge in [0.1, 0.15) is 17.7 Å². The highest BCUT2D eigenvalue weighted by molar-refractivity contribution is 8.00. The van der Waals surface area contributed by atoms with Gasteiger partial charge in [-0.3, -0.25) is 14.5 Å². The number of nitrogen functional groups attached to an aromatic ring is 1. The van der Waals surface area contributed by atoms with Gasteiger partial charge in [-0.05, 0) is 43.5 Å². The maximum absolute atomic E-state index is 12.4. The average Bonchev–Trinajstić information content (AvgIpc) is 3.11. The van der Waals surface area contributed by atoms with Gasteiger partial charge in [-0.1, -0.05) is 12.1 Å². The molecule has 2 aliphatic rings. The van der Waals surface area contributed by atoms with Crippen molar-refractivity contribution in [2.75, 3.05) is 34.8 Å². The van der Waals surface area contributed by atoms with Gasteiger partial charge in [-0.15, -0.1) is 11.8 Å². The van der Waals surface area contributed by atoms with Gasteiger partial charge in [-0.2, -0.15) is 0 Å². The van der Waals surface area contributed by atoms with E-state index in [0.717, 1.165) is 10.5 Å². The maximum atomic E-state index is 12.4. The van der Waals surface area contributed by atoms with Gasteiger partial charge < -0.3 is 21.1 Å². The number of benzene rings is 1. The predicted octanol–water partition coefficient (Wildman–Crippen LogP) is 2.55. The van der Waals surface area contributed by atoms with Crippen molar-refractivity contribution in [1.29, 1.82) is 0 Å². The summed E-state index contributed by atoms with van der Waals surface area (Å²) in [5, 5.41) is 5.59. The third-order valence-electron chi connectivity index (χ3n) is 5.13. The fourth-order valence-corrected chi connectivity index (χ4v) is 4.34. The lowest BCUT2D eigenvalue weighted by Crippen LogP contribution is -2.28. The van der Waals surface area contributed by atoms with E-state index in [4.69, 9.17) is 10.5 Å². The molecular weight excluding hydrogens is 418 g/mol. The monoisotopic (exact) mass is 441 g/mol.